The van der Waals surface area contributed by atoms with E-state index < -0.39 is 0 Å². The molecule has 66 heavy (non-hydrogen) atoms. The third-order valence-electron chi connectivity index (χ3n) is 9.88. The van der Waals surface area contributed by atoms with Gasteiger partial charge in [-0.3, -0.25) is 38.7 Å². The number of nitrogens with zero attached hydrogens (tertiary/aromatic N) is 2. The topological polar surface area (TPSA) is 128 Å². The van der Waals surface area contributed by atoms with E-state index >= 15 is 0 Å². The number of fused-ring (bicyclic) bond motifs is 3. The van der Waals surface area contributed by atoms with Crippen LogP contribution in [0.5, 0.6) is 0 Å². The number of rotatable bonds is 12. The van der Waals surface area contributed by atoms with Crippen LogP contribution < -0.4 is 0 Å². The predicted octanol–water partition coefficient (Wildman–Crippen LogP) is 12.2. The van der Waals surface area contributed by atoms with Gasteiger partial charge in [0.2, 0.25) is 0 Å². The molecule has 7 aromatic carbocycles. The van der Waals surface area contributed by atoms with Gasteiger partial charge in [0.25, 0.3) is 0 Å². The monoisotopic (exact) mass is 1010 g/mol. The van der Waals surface area contributed by atoms with Gasteiger partial charge in [-0.05, 0) is 12.1 Å². The summed E-state index contributed by atoms with van der Waals surface area (Å²) >= 11 is 0. The van der Waals surface area contributed by atoms with Gasteiger partial charge in [-0.15, -0.1) is 0 Å². The average Bonchev–Trinajstić information content (AvgIpc) is 3.38. The number of benzene rings is 7. The van der Waals surface area contributed by atoms with E-state index in [1.807, 2.05) is 48.5 Å². The van der Waals surface area contributed by atoms with Crippen molar-refractivity contribution in [2.24, 2.45) is 0 Å². The molecule has 0 N–H and O–H groups in total. The molecule has 2 heterocycles. The van der Waals surface area contributed by atoms with Crippen LogP contribution in [-0.2, 0) is 0 Å². The third-order valence-corrected chi connectivity index (χ3v) is 9.88. The van der Waals surface area contributed by atoms with Crippen LogP contribution in [0.3, 0.4) is 0 Å². The molecule has 0 unspecified atom stereocenters. The van der Waals surface area contributed by atoms with Gasteiger partial charge >= 0.3 is 49.4 Å². The molecule has 2 aromatic heterocycles. The Bertz CT molecular complexity index is 2550. The van der Waals surface area contributed by atoms with Gasteiger partial charge in [-0.2, -0.15) is 0 Å². The van der Waals surface area contributed by atoms with Gasteiger partial charge in [0, 0.05) is 56.5 Å². The molecule has 0 fully saturated rings. The Kier molecular flexibility index (Phi) is 20.2. The summed E-state index contributed by atoms with van der Waals surface area (Å²) in [6.07, 6.45) is 3.38. The summed E-state index contributed by atoms with van der Waals surface area (Å²) in [6, 6.07) is 65.4. The second kappa shape index (κ2) is 26.7. The molecule has 0 aliphatic rings. The van der Waals surface area contributed by atoms with E-state index in [0.717, 1.165) is 21.8 Å². The zero-order valence-corrected chi connectivity index (χ0v) is 38.2. The summed E-state index contributed by atoms with van der Waals surface area (Å²) in [7, 11) is 0. The van der Waals surface area contributed by atoms with Crippen molar-refractivity contribution < 1.29 is 78.1 Å². The number of ketones is 6. The van der Waals surface area contributed by atoms with E-state index in [-0.39, 0.29) is 103 Å². The number of hydrogen-bond acceptors (Lipinski definition) is 8. The van der Waals surface area contributed by atoms with Gasteiger partial charge in [-0.1, -0.05) is 206 Å². The minimum absolute atomic E-state index is 0. The Morgan fingerprint density at radius 2 is 0.455 bits per heavy atom. The van der Waals surface area contributed by atoms with Crippen LogP contribution >= 0.6 is 0 Å². The van der Waals surface area contributed by atoms with E-state index in [4.69, 9.17) is 0 Å². The maximum Gasteiger partial charge on any atom is 3.00 e. The van der Waals surface area contributed by atoms with Crippen LogP contribution in [0, 0.1) is 49.4 Å². The minimum atomic E-state index is -0.139. The second-order valence-electron chi connectivity index (χ2n) is 14.5. The predicted molar refractivity (Wildman–Crippen MR) is 256 cm³/mol. The van der Waals surface area contributed by atoms with Crippen molar-refractivity contribution in [1.29, 1.82) is 0 Å². The van der Waals surface area contributed by atoms with Gasteiger partial charge in [0.15, 0.2) is 34.7 Å². The molecule has 0 radical (unpaired) electrons. The van der Waals surface area contributed by atoms with E-state index in [1.165, 1.54) is 0 Å². The van der Waals surface area contributed by atoms with Gasteiger partial charge in [-0.25, -0.2) is 0 Å². The fourth-order valence-electron chi connectivity index (χ4n) is 6.47. The molecule has 0 saturated carbocycles. The number of pyridine rings is 2. The molecule has 9 heteroatoms. The van der Waals surface area contributed by atoms with E-state index in [2.05, 4.69) is 34.2 Å². The van der Waals surface area contributed by atoms with Crippen molar-refractivity contribution in [2.75, 3.05) is 0 Å². The first-order valence-corrected chi connectivity index (χ1v) is 20.8. The molecule has 0 saturated heterocycles. The minimum Gasteiger partial charge on any atom is -0.294 e. The summed E-state index contributed by atoms with van der Waals surface area (Å²) in [6.45, 7) is 0. The van der Waals surface area contributed by atoms with Crippen molar-refractivity contribution in [3.05, 3.63) is 264 Å². The zero-order chi connectivity index (χ0) is 45.6. The molecule has 0 aliphatic heterocycles. The summed E-state index contributed by atoms with van der Waals surface area (Å²) in [5, 5.41) is 2.28. The van der Waals surface area contributed by atoms with Crippen LogP contribution in [0.25, 0.3) is 21.8 Å². The SMILES string of the molecule is O=C(CC(=O)c1ccccc1)c1ccccc1.O=C(CC(=O)c1ccccc1)c1ccccc1.O=C(CC(=O)c1ccccc1)c1ccccc1.[Eu+3].c1cnc2c(c1)ccc1cccnc12. The average molecular weight is 1000 g/mol. The van der Waals surface area contributed by atoms with Crippen LogP contribution in [0.4, 0.5) is 0 Å². The van der Waals surface area contributed by atoms with Crippen LogP contribution in [0.1, 0.15) is 81.4 Å². The standard InChI is InChI=1S/3C15H12O2.C12H8N2.Eu/c3*16-14(12-7-3-1-4-8-12)11-15(17)13-9-5-2-6-10-13;1-3-9-5-6-10-4-2-8-14-12(10)11(9)13-7-1;/h3*1-10H,11H2;1-8H;/q;;;;+3. The number of hydrogen-bond donors (Lipinski definition) is 0. The Morgan fingerprint density at radius 1 is 0.258 bits per heavy atom. The van der Waals surface area contributed by atoms with Gasteiger partial charge in [0.1, 0.15) is 0 Å². The second-order valence-corrected chi connectivity index (χ2v) is 14.5. The molecule has 9 aromatic rings. The summed E-state index contributed by atoms with van der Waals surface area (Å²) in [5.74, 6) is -0.836. The fraction of sp³-hybridized carbons (Fsp3) is 0.0526. The molecular formula is C57H44EuN2O6+3. The number of carbonyl (C=O) groups excluding carboxylic acids is 6. The summed E-state index contributed by atoms with van der Waals surface area (Å²) in [5.41, 5.74) is 5.44. The van der Waals surface area contributed by atoms with Crippen LogP contribution in [0.15, 0.2) is 231 Å². The van der Waals surface area contributed by atoms with Crippen molar-refractivity contribution in [3.63, 3.8) is 0 Å². The molecule has 322 valence electrons. The molecule has 0 atom stereocenters. The van der Waals surface area contributed by atoms with Crippen LogP contribution in [-0.4, -0.2) is 44.7 Å². The quantitative estimate of drug-likeness (QED) is 0.0672. The van der Waals surface area contributed by atoms with Crippen molar-refractivity contribution >= 4 is 56.5 Å². The van der Waals surface area contributed by atoms with Crippen molar-refractivity contribution in [3.8, 4) is 0 Å². The Hall–Kier alpha value is -7.04. The molecule has 0 aliphatic carbocycles. The third kappa shape index (κ3) is 15.3. The summed E-state index contributed by atoms with van der Waals surface area (Å²) < 4.78 is 0. The molecule has 9 rings (SSSR count). The Labute approximate surface area is 424 Å². The fourth-order valence-corrected chi connectivity index (χ4v) is 6.47. The first-order valence-electron chi connectivity index (χ1n) is 20.8. The molecule has 0 spiro atoms. The van der Waals surface area contributed by atoms with E-state index in [0.29, 0.717) is 33.4 Å². The first kappa shape index (κ1) is 50.0. The number of carbonyl (C=O) groups is 6. The van der Waals surface area contributed by atoms with Crippen LogP contribution in [0.2, 0.25) is 0 Å². The normalized spacial score (nSPS) is 9.94. The number of Topliss-reactive ketones (excluding diaryl/α,β-unsaturated/α-hetero) is 6. The van der Waals surface area contributed by atoms with Crippen molar-refractivity contribution in [1.82, 2.24) is 9.97 Å². The smallest absolute Gasteiger partial charge is 0.294 e. The summed E-state index contributed by atoms with van der Waals surface area (Å²) in [4.78, 5) is 79.5. The first-order chi connectivity index (χ1) is 31.8. The molecule has 0 amide bonds. The molecular weight excluding hydrogens is 961 g/mol. The van der Waals surface area contributed by atoms with Gasteiger partial charge < -0.3 is 0 Å². The van der Waals surface area contributed by atoms with Gasteiger partial charge in [0.05, 0.1) is 30.3 Å². The Morgan fingerprint density at radius 3 is 0.652 bits per heavy atom. The van der Waals surface area contributed by atoms with E-state index in [1.54, 1.807) is 158 Å². The van der Waals surface area contributed by atoms with Crippen molar-refractivity contribution in [2.45, 2.75) is 19.3 Å². The largest absolute Gasteiger partial charge is 3.00 e. The Balaban J connectivity index is 0.000000164. The van der Waals surface area contributed by atoms with E-state index in [9.17, 15) is 28.8 Å². The maximum absolute atomic E-state index is 11.8. The zero-order valence-electron chi connectivity index (χ0n) is 35.8. The maximum atomic E-state index is 11.8. The number of aromatic nitrogens is 2. The molecule has 8 nitrogen and oxygen atoms in total. The molecule has 0 bridgehead atoms.